The molecular formula is C19H21FN2O3. The van der Waals surface area contributed by atoms with Crippen LogP contribution in [0.3, 0.4) is 0 Å². The summed E-state index contributed by atoms with van der Waals surface area (Å²) >= 11 is 0. The average molecular weight is 344 g/mol. The number of hydrogen-bond donors (Lipinski definition) is 2. The van der Waals surface area contributed by atoms with E-state index in [4.69, 9.17) is 4.74 Å². The van der Waals surface area contributed by atoms with Gasteiger partial charge in [-0.25, -0.2) is 4.39 Å². The molecule has 2 rings (SSSR count). The Morgan fingerprint density at radius 2 is 1.76 bits per heavy atom. The van der Waals surface area contributed by atoms with Gasteiger partial charge in [-0.2, -0.15) is 0 Å². The van der Waals surface area contributed by atoms with E-state index in [1.807, 2.05) is 13.8 Å². The first-order valence-corrected chi connectivity index (χ1v) is 7.81. The predicted octanol–water partition coefficient (Wildman–Crippen LogP) is 2.87. The van der Waals surface area contributed by atoms with Crippen LogP contribution in [0.4, 0.5) is 10.1 Å². The van der Waals surface area contributed by atoms with Crippen molar-refractivity contribution in [2.75, 3.05) is 19.0 Å². The molecule has 0 fully saturated rings. The zero-order valence-electron chi connectivity index (χ0n) is 14.4. The normalized spacial score (nSPS) is 10.9. The number of anilines is 1. The Balaban J connectivity index is 1.94. The lowest BCUT2D eigenvalue weighted by Crippen LogP contribution is -2.42. The Morgan fingerprint density at radius 1 is 1.08 bits per heavy atom. The topological polar surface area (TPSA) is 67.4 Å². The van der Waals surface area contributed by atoms with E-state index >= 15 is 0 Å². The summed E-state index contributed by atoms with van der Waals surface area (Å²) in [5.74, 6) is -1.24. The summed E-state index contributed by atoms with van der Waals surface area (Å²) in [5.41, 5.74) is 0.888. The second-order valence-corrected chi connectivity index (χ2v) is 6.26. The summed E-state index contributed by atoms with van der Waals surface area (Å²) in [5, 5.41) is 5.13. The van der Waals surface area contributed by atoms with Gasteiger partial charge in [-0.15, -0.1) is 0 Å². The third-order valence-electron chi connectivity index (χ3n) is 3.85. The maximum atomic E-state index is 13.0. The van der Waals surface area contributed by atoms with Crippen molar-refractivity contribution in [3.05, 3.63) is 59.9 Å². The number of carbonyl (C=O) groups is 2. The summed E-state index contributed by atoms with van der Waals surface area (Å²) in [6.45, 7) is 4.05. The molecule has 2 amide bonds. The monoisotopic (exact) mass is 344 g/mol. The molecule has 0 atom stereocenters. The third kappa shape index (κ3) is 5.04. The molecule has 0 heterocycles. The fraction of sp³-hybridized carbons (Fsp3) is 0.263. The molecule has 0 aliphatic heterocycles. The third-order valence-corrected chi connectivity index (χ3v) is 3.85. The quantitative estimate of drug-likeness (QED) is 0.820. The van der Waals surface area contributed by atoms with Crippen molar-refractivity contribution in [1.82, 2.24) is 5.32 Å². The van der Waals surface area contributed by atoms with Gasteiger partial charge in [0, 0.05) is 23.7 Å². The first-order chi connectivity index (χ1) is 11.8. The molecular weight excluding hydrogens is 323 g/mol. The smallest absolute Gasteiger partial charge is 0.313 e. The van der Waals surface area contributed by atoms with Gasteiger partial charge in [0.05, 0.1) is 7.11 Å². The number of carbonyl (C=O) groups excluding carboxylic acids is 2. The minimum Gasteiger partial charge on any atom is -0.497 e. The van der Waals surface area contributed by atoms with Crippen LogP contribution in [-0.4, -0.2) is 25.5 Å². The fourth-order valence-electron chi connectivity index (χ4n) is 2.27. The van der Waals surface area contributed by atoms with Crippen molar-refractivity contribution in [2.24, 2.45) is 0 Å². The van der Waals surface area contributed by atoms with Crippen molar-refractivity contribution in [1.29, 1.82) is 0 Å². The molecule has 0 radical (unpaired) electrons. The molecule has 2 aromatic rings. The molecule has 6 heteroatoms. The maximum absolute atomic E-state index is 13.0. The molecule has 0 aliphatic carbocycles. The van der Waals surface area contributed by atoms with E-state index in [1.165, 1.54) is 19.2 Å². The van der Waals surface area contributed by atoms with E-state index in [0.717, 1.165) is 5.56 Å². The van der Waals surface area contributed by atoms with Crippen LogP contribution in [0.5, 0.6) is 5.75 Å². The molecule has 25 heavy (non-hydrogen) atoms. The molecule has 0 spiro atoms. The van der Waals surface area contributed by atoms with E-state index in [2.05, 4.69) is 10.6 Å². The number of nitrogens with one attached hydrogen (secondary N) is 2. The van der Waals surface area contributed by atoms with Crippen LogP contribution in [-0.2, 0) is 15.0 Å². The first-order valence-electron chi connectivity index (χ1n) is 7.81. The summed E-state index contributed by atoms with van der Waals surface area (Å²) in [7, 11) is 1.52. The van der Waals surface area contributed by atoms with Crippen LogP contribution < -0.4 is 15.4 Å². The summed E-state index contributed by atoms with van der Waals surface area (Å²) in [4.78, 5) is 24.0. The van der Waals surface area contributed by atoms with Crippen molar-refractivity contribution >= 4 is 17.5 Å². The van der Waals surface area contributed by atoms with E-state index in [1.54, 1.807) is 36.4 Å². The molecule has 5 nitrogen and oxygen atoms in total. The number of methoxy groups -OCH3 is 1. The van der Waals surface area contributed by atoms with Crippen LogP contribution in [0.15, 0.2) is 48.5 Å². The first kappa shape index (κ1) is 18.4. The van der Waals surface area contributed by atoms with E-state index in [0.29, 0.717) is 11.4 Å². The second kappa shape index (κ2) is 7.79. The molecule has 2 N–H and O–H groups in total. The van der Waals surface area contributed by atoms with Gasteiger partial charge in [-0.1, -0.05) is 32.0 Å². The van der Waals surface area contributed by atoms with Crippen LogP contribution in [0.2, 0.25) is 0 Å². The molecule has 0 saturated heterocycles. The number of halogens is 1. The van der Waals surface area contributed by atoms with Crippen molar-refractivity contribution in [3.63, 3.8) is 0 Å². The van der Waals surface area contributed by atoms with Crippen molar-refractivity contribution < 1.29 is 18.7 Å². The molecule has 0 unspecified atom stereocenters. The van der Waals surface area contributed by atoms with Gasteiger partial charge < -0.3 is 15.4 Å². The Morgan fingerprint density at radius 3 is 2.40 bits per heavy atom. The van der Waals surface area contributed by atoms with Crippen LogP contribution in [0, 0.1) is 5.82 Å². The summed E-state index contributed by atoms with van der Waals surface area (Å²) in [6.07, 6.45) is 0. The Bertz CT molecular complexity index is 758. The Labute approximate surface area is 146 Å². The zero-order chi connectivity index (χ0) is 18.4. The van der Waals surface area contributed by atoms with Crippen LogP contribution in [0.1, 0.15) is 19.4 Å². The summed E-state index contributed by atoms with van der Waals surface area (Å²) in [6, 6.07) is 12.8. The predicted molar refractivity (Wildman–Crippen MR) is 94.1 cm³/mol. The van der Waals surface area contributed by atoms with Gasteiger partial charge in [-0.05, 0) is 29.8 Å². The highest BCUT2D eigenvalue weighted by Crippen LogP contribution is 2.22. The number of amides is 2. The number of ether oxygens (including phenoxy) is 1. The van der Waals surface area contributed by atoms with Gasteiger partial charge >= 0.3 is 11.8 Å². The molecule has 132 valence electrons. The summed E-state index contributed by atoms with van der Waals surface area (Å²) < 4.78 is 18.1. The molecule has 0 bridgehead atoms. The molecule has 0 aromatic heterocycles. The fourth-order valence-corrected chi connectivity index (χ4v) is 2.27. The Kier molecular flexibility index (Phi) is 5.75. The van der Waals surface area contributed by atoms with Gasteiger partial charge in [-0.3, -0.25) is 9.59 Å². The van der Waals surface area contributed by atoms with E-state index in [-0.39, 0.29) is 12.4 Å². The van der Waals surface area contributed by atoms with E-state index in [9.17, 15) is 14.0 Å². The zero-order valence-corrected chi connectivity index (χ0v) is 14.4. The van der Waals surface area contributed by atoms with Gasteiger partial charge in [0.15, 0.2) is 0 Å². The number of hydrogen-bond acceptors (Lipinski definition) is 3. The highest BCUT2D eigenvalue weighted by molar-refractivity contribution is 6.39. The lowest BCUT2D eigenvalue weighted by molar-refractivity contribution is -0.136. The lowest BCUT2D eigenvalue weighted by Gasteiger charge is -2.25. The number of rotatable bonds is 5. The standard InChI is InChI=1S/C19H21FN2O3/c1-19(2,13-7-9-14(20)10-8-13)12-21-17(23)18(24)22-15-5-4-6-16(11-15)25-3/h4-11H,12H2,1-3H3,(H,21,23)(H,22,24). The van der Waals surface area contributed by atoms with Gasteiger partial charge in [0.25, 0.3) is 0 Å². The molecule has 2 aromatic carbocycles. The number of benzene rings is 2. The Hall–Kier alpha value is -2.89. The van der Waals surface area contributed by atoms with Gasteiger partial charge in [0.1, 0.15) is 11.6 Å². The van der Waals surface area contributed by atoms with Crippen LogP contribution >= 0.6 is 0 Å². The van der Waals surface area contributed by atoms with E-state index < -0.39 is 17.2 Å². The second-order valence-electron chi connectivity index (χ2n) is 6.26. The molecule has 0 saturated carbocycles. The molecule has 0 aliphatic rings. The highest BCUT2D eigenvalue weighted by Gasteiger charge is 2.23. The average Bonchev–Trinajstić information content (AvgIpc) is 2.60. The highest BCUT2D eigenvalue weighted by atomic mass is 19.1. The minimum absolute atomic E-state index is 0.239. The SMILES string of the molecule is COc1cccc(NC(=O)C(=O)NCC(C)(C)c2ccc(F)cc2)c1. The van der Waals surface area contributed by atoms with Gasteiger partial charge in [0.2, 0.25) is 0 Å². The minimum atomic E-state index is -0.761. The van der Waals surface area contributed by atoms with Crippen LogP contribution in [0.25, 0.3) is 0 Å². The van der Waals surface area contributed by atoms with Crippen molar-refractivity contribution in [3.8, 4) is 5.75 Å². The van der Waals surface area contributed by atoms with Crippen molar-refractivity contribution in [2.45, 2.75) is 19.3 Å². The maximum Gasteiger partial charge on any atom is 0.313 e. The lowest BCUT2D eigenvalue weighted by atomic mass is 9.84. The largest absolute Gasteiger partial charge is 0.497 e.